The minimum Gasteiger partial charge on any atom is -0.477 e. The Morgan fingerprint density at radius 3 is 2.29 bits per heavy atom. The molecule has 0 bridgehead atoms. The number of imidazole rings is 1. The van der Waals surface area contributed by atoms with Gasteiger partial charge in [0.05, 0.1) is 11.8 Å². The predicted molar refractivity (Wildman–Crippen MR) is 128 cm³/mol. The van der Waals surface area contributed by atoms with E-state index in [4.69, 9.17) is 16.2 Å². The van der Waals surface area contributed by atoms with E-state index in [1.807, 2.05) is 0 Å². The average molecular weight is 544 g/mol. The maximum atomic E-state index is 13.5. The number of rotatable bonds is 9. The number of carbonyl (C=O) groups excluding carboxylic acids is 4. The first-order valence-electron chi connectivity index (χ1n) is 11.0. The molecular weight excluding hydrogens is 522 g/mol. The molecule has 3 amide bonds. The van der Waals surface area contributed by atoms with Crippen molar-refractivity contribution in [2.24, 2.45) is 11.5 Å². The van der Waals surface area contributed by atoms with E-state index in [0.717, 1.165) is 11.8 Å². The minimum atomic E-state index is -2.39. The highest BCUT2D eigenvalue weighted by Crippen LogP contribution is 2.47. The van der Waals surface area contributed by atoms with E-state index in [0.29, 0.717) is 0 Å². The number of aromatic amines is 1. The van der Waals surface area contributed by atoms with Crippen molar-refractivity contribution < 1.29 is 43.7 Å². The second-order valence-corrected chi connectivity index (χ2v) is 9.58. The largest absolute Gasteiger partial charge is 0.477 e. The van der Waals surface area contributed by atoms with E-state index in [9.17, 15) is 39.0 Å². The highest BCUT2D eigenvalue weighted by Gasteiger charge is 2.57. The molecule has 38 heavy (non-hydrogen) atoms. The third kappa shape index (κ3) is 4.06. The first kappa shape index (κ1) is 26.4. The van der Waals surface area contributed by atoms with E-state index in [2.05, 4.69) is 9.97 Å². The van der Waals surface area contributed by atoms with Crippen molar-refractivity contribution in [2.45, 2.75) is 30.2 Å². The Balaban J connectivity index is 2.13. The summed E-state index contributed by atoms with van der Waals surface area (Å²) >= 11 is 1.18. The molecule has 2 aliphatic rings. The van der Waals surface area contributed by atoms with Crippen molar-refractivity contribution in [3.05, 3.63) is 64.4 Å². The minimum absolute atomic E-state index is 0.0276. The Hall–Kier alpha value is -4.66. The number of H-pyrrole nitrogens is 1. The number of hydrogen-bond donors (Lipinski definition) is 5. The van der Waals surface area contributed by atoms with Crippen LogP contribution in [0.4, 0.5) is 0 Å². The number of nitrogens with two attached hydrogens (primary N) is 2. The molecule has 15 heteroatoms. The van der Waals surface area contributed by atoms with Crippen LogP contribution >= 0.6 is 11.8 Å². The van der Waals surface area contributed by atoms with Gasteiger partial charge in [0.1, 0.15) is 17.2 Å². The SMILES string of the molecule is CC(=O)OC(C1=C(C(=O)O)N2C(=O)C[C@H]2SC1)C(C(N)=O)(c1ccccc1)c1nc(C(=O)O)c(C(N)=O)[nH]1. The van der Waals surface area contributed by atoms with Crippen molar-refractivity contribution in [2.75, 3.05) is 5.75 Å². The highest BCUT2D eigenvalue weighted by atomic mass is 32.2. The lowest BCUT2D eigenvalue weighted by Crippen LogP contribution is -2.59. The molecule has 1 fully saturated rings. The smallest absolute Gasteiger partial charge is 0.356 e. The number of carboxylic acids is 2. The second-order valence-electron chi connectivity index (χ2n) is 8.42. The van der Waals surface area contributed by atoms with E-state index in [1.165, 1.54) is 36.0 Å². The van der Waals surface area contributed by atoms with Crippen LogP contribution in [0.15, 0.2) is 41.6 Å². The molecule has 3 atom stereocenters. The van der Waals surface area contributed by atoms with Gasteiger partial charge in [0.2, 0.25) is 11.8 Å². The van der Waals surface area contributed by atoms with Gasteiger partial charge in [-0.15, -0.1) is 11.8 Å². The van der Waals surface area contributed by atoms with Crippen LogP contribution in [0.1, 0.15) is 45.7 Å². The predicted octanol–water partition coefficient (Wildman–Crippen LogP) is -0.446. The summed E-state index contributed by atoms with van der Waals surface area (Å²) < 4.78 is 5.58. The van der Waals surface area contributed by atoms with E-state index < -0.39 is 75.4 Å². The van der Waals surface area contributed by atoms with Gasteiger partial charge < -0.3 is 31.4 Å². The lowest BCUT2D eigenvalue weighted by atomic mass is 9.71. The molecule has 0 radical (unpaired) electrons. The molecule has 7 N–H and O–H groups in total. The number of fused-ring (bicyclic) bond motifs is 1. The molecule has 4 rings (SSSR count). The van der Waals surface area contributed by atoms with Crippen molar-refractivity contribution >= 4 is 47.4 Å². The zero-order valence-electron chi connectivity index (χ0n) is 19.7. The second kappa shape index (κ2) is 9.66. The van der Waals surface area contributed by atoms with Gasteiger partial charge in [-0.05, 0) is 5.56 Å². The number of primary amides is 2. The molecule has 1 aromatic carbocycles. The average Bonchev–Trinajstić information content (AvgIpc) is 3.29. The first-order valence-corrected chi connectivity index (χ1v) is 12.0. The van der Waals surface area contributed by atoms with Gasteiger partial charge in [0.25, 0.3) is 5.91 Å². The maximum absolute atomic E-state index is 13.5. The molecule has 1 aromatic heterocycles. The summed E-state index contributed by atoms with van der Waals surface area (Å²) in [6.45, 7) is 1.01. The molecule has 2 aliphatic heterocycles. The van der Waals surface area contributed by atoms with Crippen LogP contribution < -0.4 is 11.5 Å². The number of thioether (sulfide) groups is 1. The number of nitrogens with one attached hydrogen (secondary N) is 1. The summed E-state index contributed by atoms with van der Waals surface area (Å²) in [4.78, 5) is 82.0. The van der Waals surface area contributed by atoms with Gasteiger partial charge in [-0.1, -0.05) is 30.3 Å². The Kier molecular flexibility index (Phi) is 6.71. The number of amides is 3. The molecule has 14 nitrogen and oxygen atoms in total. The Labute approximate surface area is 218 Å². The summed E-state index contributed by atoms with van der Waals surface area (Å²) in [6.07, 6.45) is -1.74. The van der Waals surface area contributed by atoms with Gasteiger partial charge in [0.15, 0.2) is 17.2 Å². The molecule has 1 saturated heterocycles. The standard InChI is InChI=1S/C23H21N5O9S/c1-9(29)37-17(11-8-38-13-7-12(30)28(13)16(11)20(34)35)23(21(25)36,10-5-3-2-4-6-10)22-26-14(18(24)31)15(27-22)19(32)33/h2-6,13,17H,7-8H2,1H3,(H2,24,31)(H2,25,36)(H,26,27)(H,32,33)(H,34,35)/t13-,17?,23?/m1/s1. The number of nitrogens with zero attached hydrogens (tertiary/aromatic N) is 2. The number of ether oxygens (including phenoxy) is 1. The van der Waals surface area contributed by atoms with Crippen LogP contribution in [-0.4, -0.2) is 77.9 Å². The maximum Gasteiger partial charge on any atom is 0.356 e. The Morgan fingerprint density at radius 2 is 1.82 bits per heavy atom. The van der Waals surface area contributed by atoms with Gasteiger partial charge in [-0.2, -0.15) is 0 Å². The molecule has 2 unspecified atom stereocenters. The quantitative estimate of drug-likeness (QED) is 0.201. The normalized spacial score (nSPS) is 19.0. The molecule has 2 aromatic rings. The number of aliphatic carboxylic acids is 1. The van der Waals surface area contributed by atoms with Crippen LogP contribution in [0.25, 0.3) is 0 Å². The number of carboxylic acid groups (broad SMARTS) is 2. The number of β-lactam (4-membered cyclic amide) rings is 1. The molecule has 3 heterocycles. The third-order valence-electron chi connectivity index (χ3n) is 6.22. The van der Waals surface area contributed by atoms with Gasteiger partial charge in [-0.3, -0.25) is 24.1 Å². The zero-order chi connectivity index (χ0) is 27.9. The fourth-order valence-electron chi connectivity index (χ4n) is 4.62. The fourth-order valence-corrected chi connectivity index (χ4v) is 5.91. The number of hydrogen-bond acceptors (Lipinski definition) is 9. The number of aromatic nitrogens is 2. The lowest BCUT2D eigenvalue weighted by molar-refractivity contribution is -0.150. The molecule has 0 spiro atoms. The molecule has 0 saturated carbocycles. The molecular formula is C23H21N5O9S. The van der Waals surface area contributed by atoms with Gasteiger partial charge >= 0.3 is 17.9 Å². The highest BCUT2D eigenvalue weighted by molar-refractivity contribution is 8.00. The van der Waals surface area contributed by atoms with Crippen LogP contribution in [0.3, 0.4) is 0 Å². The topological polar surface area (TPSA) is 236 Å². The van der Waals surface area contributed by atoms with Gasteiger partial charge in [-0.25, -0.2) is 14.6 Å². The summed E-state index contributed by atoms with van der Waals surface area (Å²) in [5, 5.41) is 19.2. The zero-order valence-corrected chi connectivity index (χ0v) is 20.5. The van der Waals surface area contributed by atoms with E-state index in [1.54, 1.807) is 6.07 Å². The fraction of sp³-hybridized carbons (Fsp3) is 0.261. The Bertz CT molecular complexity index is 1390. The summed E-state index contributed by atoms with van der Waals surface area (Å²) in [5.74, 6) is -7.70. The van der Waals surface area contributed by atoms with Crippen molar-refractivity contribution in [1.82, 2.24) is 14.9 Å². The van der Waals surface area contributed by atoms with E-state index >= 15 is 0 Å². The summed E-state index contributed by atoms with van der Waals surface area (Å²) in [5.41, 5.74) is 6.76. The number of esters is 1. The lowest BCUT2D eigenvalue weighted by Gasteiger charge is -2.47. The van der Waals surface area contributed by atoms with Crippen molar-refractivity contribution in [1.29, 1.82) is 0 Å². The van der Waals surface area contributed by atoms with Crippen LogP contribution in [0.2, 0.25) is 0 Å². The number of carbonyl (C=O) groups is 6. The molecule has 198 valence electrons. The van der Waals surface area contributed by atoms with Crippen molar-refractivity contribution in [3.8, 4) is 0 Å². The van der Waals surface area contributed by atoms with Crippen LogP contribution in [-0.2, 0) is 29.3 Å². The van der Waals surface area contributed by atoms with Crippen LogP contribution in [0, 0.1) is 0 Å². The summed E-state index contributed by atoms with van der Waals surface area (Å²) in [6, 6.07) is 7.42. The van der Waals surface area contributed by atoms with E-state index in [-0.39, 0.29) is 23.3 Å². The third-order valence-corrected chi connectivity index (χ3v) is 7.46. The van der Waals surface area contributed by atoms with Crippen molar-refractivity contribution in [3.63, 3.8) is 0 Å². The Morgan fingerprint density at radius 1 is 1.16 bits per heavy atom. The first-order chi connectivity index (χ1) is 17.9. The summed E-state index contributed by atoms with van der Waals surface area (Å²) in [7, 11) is 0. The number of benzene rings is 1. The van der Waals surface area contributed by atoms with Crippen LogP contribution in [0.5, 0.6) is 0 Å². The van der Waals surface area contributed by atoms with Gasteiger partial charge in [0, 0.05) is 18.2 Å². The number of aromatic carboxylic acids is 1. The molecule has 0 aliphatic carbocycles. The monoisotopic (exact) mass is 543 g/mol.